The summed E-state index contributed by atoms with van der Waals surface area (Å²) in [5.74, 6) is 1.27. The Kier molecular flexibility index (Phi) is 4.64. The van der Waals surface area contributed by atoms with E-state index in [9.17, 15) is 9.90 Å². The van der Waals surface area contributed by atoms with Crippen molar-refractivity contribution < 1.29 is 9.90 Å². The molecule has 0 radical (unpaired) electrons. The number of aromatic hydroxyl groups is 1. The zero-order chi connectivity index (χ0) is 13.0. The van der Waals surface area contributed by atoms with Crippen LogP contribution < -0.4 is 5.32 Å². The van der Waals surface area contributed by atoms with E-state index in [4.69, 9.17) is 0 Å². The second-order valence-electron chi connectivity index (χ2n) is 4.87. The lowest BCUT2D eigenvalue weighted by molar-refractivity contribution is 0.0944. The molecule has 1 aromatic carbocycles. The Morgan fingerprint density at radius 1 is 1.39 bits per heavy atom. The molecule has 0 heterocycles. The fourth-order valence-electron chi connectivity index (χ4n) is 2.56. The molecule has 0 saturated heterocycles. The number of hydrogen-bond acceptors (Lipinski definition) is 2. The fourth-order valence-corrected chi connectivity index (χ4v) is 3.41. The Bertz CT molecular complexity index is 422. The Labute approximate surface area is 116 Å². The van der Waals surface area contributed by atoms with Crippen molar-refractivity contribution in [2.75, 3.05) is 11.9 Å². The Morgan fingerprint density at radius 3 is 2.89 bits per heavy atom. The van der Waals surface area contributed by atoms with Crippen LogP contribution in [-0.4, -0.2) is 22.9 Å². The van der Waals surface area contributed by atoms with Crippen LogP contribution in [0.5, 0.6) is 5.75 Å². The molecule has 0 spiro atoms. The minimum atomic E-state index is -0.105. The molecule has 2 unspecified atom stereocenters. The van der Waals surface area contributed by atoms with Gasteiger partial charge in [-0.15, -0.1) is 0 Å². The zero-order valence-electron chi connectivity index (χ0n) is 10.2. The molecular weight excluding hydrogens is 294 g/mol. The topological polar surface area (TPSA) is 49.3 Å². The Balaban J connectivity index is 1.88. The van der Waals surface area contributed by atoms with E-state index in [1.54, 1.807) is 18.2 Å². The number of alkyl halides is 1. The molecule has 4 heteroatoms. The average molecular weight is 312 g/mol. The van der Waals surface area contributed by atoms with E-state index in [1.165, 1.54) is 25.3 Å². The van der Waals surface area contributed by atoms with E-state index in [2.05, 4.69) is 21.2 Å². The van der Waals surface area contributed by atoms with Crippen molar-refractivity contribution in [1.29, 1.82) is 0 Å². The summed E-state index contributed by atoms with van der Waals surface area (Å²) in [5, 5.41) is 13.3. The van der Waals surface area contributed by atoms with Crippen LogP contribution in [0.3, 0.4) is 0 Å². The highest BCUT2D eigenvalue weighted by atomic mass is 79.9. The molecule has 1 aliphatic rings. The van der Waals surface area contributed by atoms with Crippen molar-refractivity contribution in [3.63, 3.8) is 0 Å². The Morgan fingerprint density at radius 2 is 2.17 bits per heavy atom. The second-order valence-corrected chi connectivity index (χ2v) is 5.51. The lowest BCUT2D eigenvalue weighted by Gasteiger charge is -2.17. The highest BCUT2D eigenvalue weighted by Crippen LogP contribution is 2.32. The molecule has 1 aliphatic carbocycles. The summed E-state index contributed by atoms with van der Waals surface area (Å²) in [4.78, 5) is 11.9. The zero-order valence-corrected chi connectivity index (χ0v) is 11.8. The van der Waals surface area contributed by atoms with Crippen molar-refractivity contribution in [3.8, 4) is 5.75 Å². The highest BCUT2D eigenvalue weighted by molar-refractivity contribution is 9.09. The molecule has 1 amide bonds. The molecule has 98 valence electrons. The third kappa shape index (κ3) is 3.25. The van der Waals surface area contributed by atoms with Crippen molar-refractivity contribution in [1.82, 2.24) is 5.32 Å². The molecule has 1 aromatic rings. The van der Waals surface area contributed by atoms with Gasteiger partial charge in [0, 0.05) is 17.4 Å². The number of benzene rings is 1. The van der Waals surface area contributed by atoms with Crippen LogP contribution in [0.4, 0.5) is 0 Å². The quantitative estimate of drug-likeness (QED) is 0.840. The van der Waals surface area contributed by atoms with Crippen molar-refractivity contribution >= 4 is 21.8 Å². The van der Waals surface area contributed by atoms with Gasteiger partial charge in [0.05, 0.1) is 0 Å². The summed E-state index contributed by atoms with van der Waals surface area (Å²) < 4.78 is 0. The molecule has 3 nitrogen and oxygen atoms in total. The van der Waals surface area contributed by atoms with E-state index < -0.39 is 0 Å². The minimum Gasteiger partial charge on any atom is -0.508 e. The van der Waals surface area contributed by atoms with Crippen LogP contribution in [0.15, 0.2) is 24.3 Å². The normalized spacial score (nSPS) is 22.9. The first-order valence-corrected chi connectivity index (χ1v) is 7.46. The molecule has 0 aliphatic heterocycles. The van der Waals surface area contributed by atoms with Crippen LogP contribution in [0.1, 0.15) is 29.6 Å². The summed E-state index contributed by atoms with van der Waals surface area (Å²) >= 11 is 3.53. The third-order valence-electron chi connectivity index (χ3n) is 3.65. The summed E-state index contributed by atoms with van der Waals surface area (Å²) in [5.41, 5.74) is 0.517. The number of amides is 1. The van der Waals surface area contributed by atoms with Crippen LogP contribution >= 0.6 is 15.9 Å². The molecule has 2 rings (SSSR count). The molecule has 1 saturated carbocycles. The summed E-state index contributed by atoms with van der Waals surface area (Å²) in [6, 6.07) is 6.45. The predicted octanol–water partition coefficient (Wildman–Crippen LogP) is 2.93. The molecular formula is C14H18BrNO2. The van der Waals surface area contributed by atoms with E-state index >= 15 is 0 Å². The van der Waals surface area contributed by atoms with Crippen LogP contribution in [0.2, 0.25) is 0 Å². The van der Waals surface area contributed by atoms with E-state index in [1.807, 2.05) is 0 Å². The fraction of sp³-hybridized carbons (Fsp3) is 0.500. The molecule has 1 fully saturated rings. The van der Waals surface area contributed by atoms with Crippen molar-refractivity contribution in [2.45, 2.75) is 19.3 Å². The van der Waals surface area contributed by atoms with Crippen LogP contribution in [0, 0.1) is 11.8 Å². The second kappa shape index (κ2) is 6.23. The number of phenolic OH excluding ortho intramolecular Hbond substituents is 1. The number of rotatable bonds is 4. The van der Waals surface area contributed by atoms with E-state index in [0.29, 0.717) is 17.4 Å². The van der Waals surface area contributed by atoms with Gasteiger partial charge in [-0.3, -0.25) is 4.79 Å². The minimum absolute atomic E-state index is 0.105. The Hall–Kier alpha value is -1.03. The maximum atomic E-state index is 11.9. The standard InChI is InChI=1S/C14H18BrNO2/c15-8-11-4-1-5-12(11)9-16-14(18)10-3-2-6-13(17)7-10/h2-3,6-7,11-12,17H,1,4-5,8-9H2,(H,16,18). The van der Waals surface area contributed by atoms with Gasteiger partial charge in [-0.05, 0) is 42.9 Å². The predicted molar refractivity (Wildman–Crippen MR) is 75.1 cm³/mol. The number of nitrogens with one attached hydrogen (secondary N) is 1. The summed E-state index contributed by atoms with van der Waals surface area (Å²) in [6.45, 7) is 0.727. The van der Waals surface area contributed by atoms with Gasteiger partial charge in [0.2, 0.25) is 0 Å². The van der Waals surface area contributed by atoms with Crippen molar-refractivity contribution in [2.24, 2.45) is 11.8 Å². The van der Waals surface area contributed by atoms with Crippen molar-refractivity contribution in [3.05, 3.63) is 29.8 Å². The first-order valence-electron chi connectivity index (χ1n) is 6.34. The number of carbonyl (C=O) groups excluding carboxylic acids is 1. The first-order chi connectivity index (χ1) is 8.70. The number of hydrogen-bond donors (Lipinski definition) is 2. The lowest BCUT2D eigenvalue weighted by atomic mass is 9.98. The van der Waals surface area contributed by atoms with Gasteiger partial charge in [0.15, 0.2) is 0 Å². The van der Waals surface area contributed by atoms with E-state index in [-0.39, 0.29) is 11.7 Å². The SMILES string of the molecule is O=C(NCC1CCCC1CBr)c1cccc(O)c1. The van der Waals surface area contributed by atoms with Gasteiger partial charge in [-0.25, -0.2) is 0 Å². The van der Waals surface area contributed by atoms with Gasteiger partial charge in [-0.1, -0.05) is 28.4 Å². The molecule has 0 bridgehead atoms. The third-order valence-corrected chi connectivity index (χ3v) is 4.48. The molecule has 0 aromatic heterocycles. The lowest BCUT2D eigenvalue weighted by Crippen LogP contribution is -2.31. The molecule has 2 N–H and O–H groups in total. The first kappa shape index (κ1) is 13.4. The monoisotopic (exact) mass is 311 g/mol. The number of carbonyl (C=O) groups is 1. The smallest absolute Gasteiger partial charge is 0.251 e. The molecule has 18 heavy (non-hydrogen) atoms. The highest BCUT2D eigenvalue weighted by Gasteiger charge is 2.26. The maximum Gasteiger partial charge on any atom is 0.251 e. The number of phenols is 1. The number of halogens is 1. The largest absolute Gasteiger partial charge is 0.508 e. The van der Waals surface area contributed by atoms with Gasteiger partial charge in [0.25, 0.3) is 5.91 Å². The van der Waals surface area contributed by atoms with Crippen LogP contribution in [-0.2, 0) is 0 Å². The maximum absolute atomic E-state index is 11.9. The summed E-state index contributed by atoms with van der Waals surface area (Å²) in [6.07, 6.45) is 3.69. The van der Waals surface area contributed by atoms with Gasteiger partial charge < -0.3 is 10.4 Å². The van der Waals surface area contributed by atoms with Gasteiger partial charge in [-0.2, -0.15) is 0 Å². The van der Waals surface area contributed by atoms with Crippen LogP contribution in [0.25, 0.3) is 0 Å². The molecule has 2 atom stereocenters. The van der Waals surface area contributed by atoms with E-state index in [0.717, 1.165) is 11.9 Å². The van der Waals surface area contributed by atoms with Gasteiger partial charge in [0.1, 0.15) is 5.75 Å². The average Bonchev–Trinajstić information content (AvgIpc) is 2.83. The van der Waals surface area contributed by atoms with Gasteiger partial charge >= 0.3 is 0 Å². The summed E-state index contributed by atoms with van der Waals surface area (Å²) in [7, 11) is 0.